The Balaban J connectivity index is 1.53. The number of aromatic nitrogens is 2. The minimum atomic E-state index is -0.0236. The number of hydrogen-bond acceptors (Lipinski definition) is 3. The second-order valence-electron chi connectivity index (χ2n) is 6.33. The molecule has 0 saturated carbocycles. The molecule has 1 aromatic rings. The van der Waals surface area contributed by atoms with Crippen LogP contribution in [0.4, 0.5) is 0 Å². The maximum absolute atomic E-state index is 12.5. The number of hydrogen-bond donors (Lipinski definition) is 0. The second kappa shape index (κ2) is 6.50. The van der Waals surface area contributed by atoms with Crippen molar-refractivity contribution in [2.24, 2.45) is 13.0 Å². The fourth-order valence-corrected chi connectivity index (χ4v) is 3.39. The minimum absolute atomic E-state index is 0.0236. The first-order chi connectivity index (χ1) is 10.6. The molecule has 2 aliphatic heterocycles. The monoisotopic (exact) mass is 304 g/mol. The van der Waals surface area contributed by atoms with Gasteiger partial charge in [0, 0.05) is 45.3 Å². The van der Waals surface area contributed by atoms with Crippen molar-refractivity contribution in [1.29, 1.82) is 0 Å². The number of piperidine rings is 2. The Morgan fingerprint density at radius 2 is 1.73 bits per heavy atom. The summed E-state index contributed by atoms with van der Waals surface area (Å²) in [5, 5.41) is 4.16. The molecule has 0 radical (unpaired) electrons. The van der Waals surface area contributed by atoms with Gasteiger partial charge in [-0.25, -0.2) is 0 Å². The van der Waals surface area contributed by atoms with Crippen molar-refractivity contribution in [1.82, 2.24) is 19.6 Å². The quantitative estimate of drug-likeness (QED) is 0.827. The SMILES string of the molecule is Cn1ccc(C(=O)N2CCC(C(=O)N3CCCCC3)CC2)n1. The third kappa shape index (κ3) is 3.15. The summed E-state index contributed by atoms with van der Waals surface area (Å²) in [5.74, 6) is 0.361. The fraction of sp³-hybridized carbons (Fsp3) is 0.688. The van der Waals surface area contributed by atoms with E-state index >= 15 is 0 Å². The summed E-state index contributed by atoms with van der Waals surface area (Å²) in [4.78, 5) is 28.7. The van der Waals surface area contributed by atoms with Gasteiger partial charge in [0.25, 0.3) is 5.91 Å². The standard InChI is InChI=1S/C16H24N4O2/c1-18-10-7-14(17-18)16(22)20-11-5-13(6-12-20)15(21)19-8-3-2-4-9-19/h7,10,13H,2-6,8-9,11-12H2,1H3. The van der Waals surface area contributed by atoms with Crippen LogP contribution in [0.3, 0.4) is 0 Å². The zero-order valence-electron chi connectivity index (χ0n) is 13.2. The molecule has 2 saturated heterocycles. The van der Waals surface area contributed by atoms with Crippen LogP contribution in [0.5, 0.6) is 0 Å². The smallest absolute Gasteiger partial charge is 0.274 e. The molecule has 0 spiro atoms. The number of carbonyl (C=O) groups is 2. The molecule has 2 fully saturated rings. The lowest BCUT2D eigenvalue weighted by Crippen LogP contribution is -2.45. The van der Waals surface area contributed by atoms with Crippen molar-refractivity contribution in [2.75, 3.05) is 26.2 Å². The molecule has 0 atom stereocenters. The van der Waals surface area contributed by atoms with Gasteiger partial charge < -0.3 is 9.80 Å². The Bertz CT molecular complexity index is 540. The Labute approximate surface area is 131 Å². The Hall–Kier alpha value is -1.85. The fourth-order valence-electron chi connectivity index (χ4n) is 3.39. The van der Waals surface area contributed by atoms with E-state index in [-0.39, 0.29) is 11.8 Å². The summed E-state index contributed by atoms with van der Waals surface area (Å²) in [6.07, 6.45) is 6.81. The number of amides is 2. The predicted molar refractivity (Wildman–Crippen MR) is 82.3 cm³/mol. The van der Waals surface area contributed by atoms with Crippen molar-refractivity contribution in [3.05, 3.63) is 18.0 Å². The molecule has 0 aromatic carbocycles. The van der Waals surface area contributed by atoms with Gasteiger partial charge in [0.1, 0.15) is 5.69 Å². The normalized spacial score (nSPS) is 20.2. The lowest BCUT2D eigenvalue weighted by Gasteiger charge is -2.35. The van der Waals surface area contributed by atoms with E-state index in [9.17, 15) is 9.59 Å². The molecule has 0 N–H and O–H groups in total. The van der Waals surface area contributed by atoms with Gasteiger partial charge in [-0.3, -0.25) is 14.3 Å². The second-order valence-corrected chi connectivity index (χ2v) is 6.33. The van der Waals surface area contributed by atoms with Crippen LogP contribution in [0.1, 0.15) is 42.6 Å². The first-order valence-corrected chi connectivity index (χ1v) is 8.23. The average molecular weight is 304 g/mol. The van der Waals surface area contributed by atoms with Crippen LogP contribution in [-0.2, 0) is 11.8 Å². The topological polar surface area (TPSA) is 58.4 Å². The van der Waals surface area contributed by atoms with E-state index in [1.165, 1.54) is 6.42 Å². The van der Waals surface area contributed by atoms with E-state index in [0.29, 0.717) is 24.7 Å². The van der Waals surface area contributed by atoms with Crippen LogP contribution in [0.15, 0.2) is 12.3 Å². The number of nitrogens with zero attached hydrogens (tertiary/aromatic N) is 4. The molecular formula is C16H24N4O2. The minimum Gasteiger partial charge on any atom is -0.342 e. The molecule has 2 amide bonds. The van der Waals surface area contributed by atoms with Gasteiger partial charge in [-0.1, -0.05) is 0 Å². The van der Waals surface area contributed by atoms with Crippen LogP contribution in [-0.4, -0.2) is 57.6 Å². The van der Waals surface area contributed by atoms with Gasteiger partial charge in [0.2, 0.25) is 5.91 Å². The Morgan fingerprint density at radius 1 is 1.05 bits per heavy atom. The van der Waals surface area contributed by atoms with Crippen molar-refractivity contribution < 1.29 is 9.59 Å². The highest BCUT2D eigenvalue weighted by molar-refractivity contribution is 5.92. The van der Waals surface area contributed by atoms with Crippen molar-refractivity contribution in [3.8, 4) is 0 Å². The highest BCUT2D eigenvalue weighted by Gasteiger charge is 2.31. The molecule has 2 aliphatic rings. The third-order valence-electron chi connectivity index (χ3n) is 4.73. The number of likely N-dealkylation sites (tertiary alicyclic amines) is 2. The summed E-state index contributed by atoms with van der Waals surface area (Å²) < 4.78 is 1.64. The van der Waals surface area contributed by atoms with Crippen LogP contribution >= 0.6 is 0 Å². The summed E-state index contributed by atoms with van der Waals surface area (Å²) in [5.41, 5.74) is 0.489. The van der Waals surface area contributed by atoms with E-state index < -0.39 is 0 Å². The summed E-state index contributed by atoms with van der Waals surface area (Å²) in [6, 6.07) is 1.74. The van der Waals surface area contributed by atoms with E-state index in [4.69, 9.17) is 0 Å². The van der Waals surface area contributed by atoms with E-state index in [1.807, 2.05) is 9.80 Å². The zero-order chi connectivity index (χ0) is 15.5. The molecule has 120 valence electrons. The molecule has 1 aromatic heterocycles. The van der Waals surface area contributed by atoms with Gasteiger partial charge in [-0.05, 0) is 38.2 Å². The van der Waals surface area contributed by atoms with Crippen molar-refractivity contribution >= 4 is 11.8 Å². The van der Waals surface area contributed by atoms with Crippen molar-refractivity contribution in [2.45, 2.75) is 32.1 Å². The first-order valence-electron chi connectivity index (χ1n) is 8.23. The van der Waals surface area contributed by atoms with E-state index in [2.05, 4.69) is 5.10 Å². The maximum Gasteiger partial charge on any atom is 0.274 e. The van der Waals surface area contributed by atoms with Crippen LogP contribution in [0.2, 0.25) is 0 Å². The molecule has 6 heteroatoms. The molecule has 3 rings (SSSR count). The third-order valence-corrected chi connectivity index (χ3v) is 4.73. The molecule has 0 unspecified atom stereocenters. The molecular weight excluding hydrogens is 280 g/mol. The highest BCUT2D eigenvalue weighted by Crippen LogP contribution is 2.22. The van der Waals surface area contributed by atoms with Gasteiger partial charge in [-0.15, -0.1) is 0 Å². The van der Waals surface area contributed by atoms with E-state index in [0.717, 1.165) is 38.8 Å². The highest BCUT2D eigenvalue weighted by atomic mass is 16.2. The maximum atomic E-state index is 12.5. The molecule has 0 bridgehead atoms. The molecule has 0 aliphatic carbocycles. The van der Waals surface area contributed by atoms with Crippen LogP contribution < -0.4 is 0 Å². The lowest BCUT2D eigenvalue weighted by atomic mass is 9.94. The molecule has 6 nitrogen and oxygen atoms in total. The van der Waals surface area contributed by atoms with Gasteiger partial charge in [-0.2, -0.15) is 5.10 Å². The summed E-state index contributed by atoms with van der Waals surface area (Å²) >= 11 is 0. The number of aryl methyl sites for hydroxylation is 1. The summed E-state index contributed by atoms with van der Waals surface area (Å²) in [6.45, 7) is 3.12. The largest absolute Gasteiger partial charge is 0.342 e. The van der Waals surface area contributed by atoms with Gasteiger partial charge in [0.05, 0.1) is 0 Å². The van der Waals surface area contributed by atoms with Crippen LogP contribution in [0.25, 0.3) is 0 Å². The Kier molecular flexibility index (Phi) is 4.45. The average Bonchev–Trinajstić information content (AvgIpc) is 3.01. The van der Waals surface area contributed by atoms with Gasteiger partial charge in [0.15, 0.2) is 0 Å². The number of carbonyl (C=O) groups excluding carboxylic acids is 2. The summed E-state index contributed by atoms with van der Waals surface area (Å²) in [7, 11) is 1.81. The lowest BCUT2D eigenvalue weighted by molar-refractivity contribution is -0.137. The molecule has 3 heterocycles. The van der Waals surface area contributed by atoms with Crippen LogP contribution in [0, 0.1) is 5.92 Å². The molecule has 22 heavy (non-hydrogen) atoms. The van der Waals surface area contributed by atoms with E-state index in [1.54, 1.807) is 24.0 Å². The zero-order valence-corrected chi connectivity index (χ0v) is 13.2. The number of rotatable bonds is 2. The predicted octanol–water partition coefficient (Wildman–Crippen LogP) is 1.28. The van der Waals surface area contributed by atoms with Gasteiger partial charge >= 0.3 is 0 Å². The Morgan fingerprint density at radius 3 is 2.32 bits per heavy atom. The van der Waals surface area contributed by atoms with Crippen molar-refractivity contribution in [3.63, 3.8) is 0 Å². The first kappa shape index (κ1) is 15.1.